The molecule has 1 saturated carbocycles. The standard InChI is InChI=1S/C28H35FN2O2/c1-4-6-11-30-27(32)17-33-23-15-20(19-8-9-22(29)14-19)13-21(16-23)28-24-12-18(3)7-10-26(24)31-25(28)5-2/h7,10,12-13,15-16,19,22,31H,4-6,8-9,11,14,17H2,1-3H3,(H,30,32). The van der Waals surface area contributed by atoms with Crippen molar-refractivity contribution in [1.82, 2.24) is 10.3 Å². The Balaban J connectivity index is 1.70. The molecule has 1 aromatic heterocycles. The van der Waals surface area contributed by atoms with E-state index in [4.69, 9.17) is 4.74 Å². The van der Waals surface area contributed by atoms with Crippen LogP contribution in [0.4, 0.5) is 4.39 Å². The van der Waals surface area contributed by atoms with Crippen molar-refractivity contribution in [2.45, 2.75) is 71.4 Å². The molecule has 0 saturated heterocycles. The Morgan fingerprint density at radius 2 is 2.03 bits per heavy atom. The summed E-state index contributed by atoms with van der Waals surface area (Å²) in [6, 6.07) is 12.7. The van der Waals surface area contributed by atoms with Gasteiger partial charge < -0.3 is 15.0 Å². The van der Waals surface area contributed by atoms with E-state index in [0.717, 1.165) is 42.3 Å². The van der Waals surface area contributed by atoms with Gasteiger partial charge in [0.05, 0.1) is 0 Å². The largest absolute Gasteiger partial charge is 0.484 e. The zero-order chi connectivity index (χ0) is 23.4. The third-order valence-electron chi connectivity index (χ3n) is 6.67. The number of hydrogen-bond acceptors (Lipinski definition) is 2. The van der Waals surface area contributed by atoms with Gasteiger partial charge in [0.15, 0.2) is 6.61 Å². The number of benzene rings is 2. The highest BCUT2D eigenvalue weighted by atomic mass is 19.1. The first-order valence-electron chi connectivity index (χ1n) is 12.3. The van der Waals surface area contributed by atoms with E-state index in [1.807, 2.05) is 12.1 Å². The number of unbranched alkanes of at least 4 members (excludes halogenated alkanes) is 1. The van der Waals surface area contributed by atoms with Crippen LogP contribution < -0.4 is 10.1 Å². The smallest absolute Gasteiger partial charge is 0.257 e. The molecular formula is C28H35FN2O2. The lowest BCUT2D eigenvalue weighted by molar-refractivity contribution is -0.123. The number of halogens is 1. The molecule has 0 bridgehead atoms. The molecule has 33 heavy (non-hydrogen) atoms. The van der Waals surface area contributed by atoms with E-state index in [0.29, 0.717) is 25.1 Å². The number of alkyl halides is 1. The van der Waals surface area contributed by atoms with Gasteiger partial charge in [0, 0.05) is 28.7 Å². The Morgan fingerprint density at radius 1 is 1.18 bits per heavy atom. The molecule has 1 fully saturated rings. The molecule has 4 nitrogen and oxygen atoms in total. The topological polar surface area (TPSA) is 54.1 Å². The van der Waals surface area contributed by atoms with Crippen LogP contribution in [0.5, 0.6) is 5.75 Å². The number of hydrogen-bond donors (Lipinski definition) is 2. The molecule has 2 aromatic carbocycles. The Hall–Kier alpha value is -2.82. The van der Waals surface area contributed by atoms with Crippen molar-refractivity contribution in [2.75, 3.05) is 13.2 Å². The van der Waals surface area contributed by atoms with Crippen molar-refractivity contribution < 1.29 is 13.9 Å². The van der Waals surface area contributed by atoms with Crippen LogP contribution in [0.15, 0.2) is 36.4 Å². The minimum atomic E-state index is -0.741. The third-order valence-corrected chi connectivity index (χ3v) is 6.67. The quantitative estimate of drug-likeness (QED) is 0.361. The lowest BCUT2D eigenvalue weighted by Gasteiger charge is -2.16. The van der Waals surface area contributed by atoms with Crippen molar-refractivity contribution in [3.63, 3.8) is 0 Å². The molecule has 2 N–H and O–H groups in total. The van der Waals surface area contributed by atoms with Gasteiger partial charge in [0.2, 0.25) is 0 Å². The second-order valence-electron chi connectivity index (χ2n) is 9.27. The summed E-state index contributed by atoms with van der Waals surface area (Å²) < 4.78 is 20.0. The van der Waals surface area contributed by atoms with Gasteiger partial charge in [-0.05, 0) is 80.3 Å². The van der Waals surface area contributed by atoms with Gasteiger partial charge in [-0.15, -0.1) is 0 Å². The summed E-state index contributed by atoms with van der Waals surface area (Å²) in [5.41, 5.74) is 6.82. The minimum Gasteiger partial charge on any atom is -0.484 e. The van der Waals surface area contributed by atoms with Crippen LogP contribution in [0.2, 0.25) is 0 Å². The summed E-state index contributed by atoms with van der Waals surface area (Å²) in [6.45, 7) is 6.99. The van der Waals surface area contributed by atoms with Gasteiger partial charge in [-0.2, -0.15) is 0 Å². The van der Waals surface area contributed by atoms with Gasteiger partial charge in [0.25, 0.3) is 5.91 Å². The monoisotopic (exact) mass is 450 g/mol. The first-order valence-corrected chi connectivity index (χ1v) is 12.3. The van der Waals surface area contributed by atoms with Crippen LogP contribution in [0.25, 0.3) is 22.0 Å². The summed E-state index contributed by atoms with van der Waals surface area (Å²) in [6.07, 6.45) is 4.12. The van der Waals surface area contributed by atoms with E-state index >= 15 is 0 Å². The molecular weight excluding hydrogens is 415 g/mol. The number of ether oxygens (including phenoxy) is 1. The lowest BCUT2D eigenvalue weighted by atomic mass is 9.92. The Morgan fingerprint density at radius 3 is 2.76 bits per heavy atom. The molecule has 0 radical (unpaired) electrons. The minimum absolute atomic E-state index is 0.0172. The number of carbonyl (C=O) groups is 1. The average molecular weight is 451 g/mol. The molecule has 0 aliphatic heterocycles. The molecule has 1 aliphatic carbocycles. The van der Waals surface area contributed by atoms with Crippen LogP contribution in [0.1, 0.15) is 68.7 Å². The van der Waals surface area contributed by atoms with Crippen LogP contribution >= 0.6 is 0 Å². The SMILES string of the molecule is CCCCNC(=O)COc1cc(-c2c(CC)[nH]c3ccc(C)cc23)cc(C2CCC(F)C2)c1. The van der Waals surface area contributed by atoms with Crippen molar-refractivity contribution in [1.29, 1.82) is 0 Å². The van der Waals surface area contributed by atoms with E-state index in [9.17, 15) is 9.18 Å². The van der Waals surface area contributed by atoms with Gasteiger partial charge in [-0.1, -0.05) is 38.0 Å². The summed E-state index contributed by atoms with van der Waals surface area (Å²) >= 11 is 0. The maximum absolute atomic E-state index is 14.0. The lowest BCUT2D eigenvalue weighted by Crippen LogP contribution is -2.29. The van der Waals surface area contributed by atoms with Gasteiger partial charge in [-0.25, -0.2) is 4.39 Å². The predicted octanol–water partition coefficient (Wildman–Crippen LogP) is 6.61. The van der Waals surface area contributed by atoms with E-state index in [-0.39, 0.29) is 18.4 Å². The van der Waals surface area contributed by atoms with E-state index < -0.39 is 6.17 Å². The molecule has 4 rings (SSSR count). The maximum atomic E-state index is 14.0. The first-order chi connectivity index (χ1) is 16.0. The molecule has 3 aromatic rings. The van der Waals surface area contributed by atoms with Crippen LogP contribution in [0.3, 0.4) is 0 Å². The zero-order valence-corrected chi connectivity index (χ0v) is 20.0. The average Bonchev–Trinajstić information content (AvgIpc) is 3.40. The summed E-state index contributed by atoms with van der Waals surface area (Å²) in [5, 5.41) is 4.08. The Kier molecular flexibility index (Phi) is 7.36. The van der Waals surface area contributed by atoms with E-state index in [1.54, 1.807) is 0 Å². The molecule has 176 valence electrons. The highest BCUT2D eigenvalue weighted by Crippen LogP contribution is 2.41. The van der Waals surface area contributed by atoms with Gasteiger partial charge in [0.1, 0.15) is 11.9 Å². The molecule has 1 heterocycles. The highest BCUT2D eigenvalue weighted by Gasteiger charge is 2.27. The molecule has 1 amide bonds. The maximum Gasteiger partial charge on any atom is 0.257 e. The normalized spacial score (nSPS) is 18.1. The number of nitrogens with one attached hydrogen (secondary N) is 2. The zero-order valence-electron chi connectivity index (χ0n) is 20.0. The van der Waals surface area contributed by atoms with Crippen LogP contribution in [0, 0.1) is 6.92 Å². The summed E-state index contributed by atoms with van der Waals surface area (Å²) in [5.74, 6) is 0.731. The molecule has 1 aliphatic rings. The fourth-order valence-electron chi connectivity index (χ4n) is 4.88. The fraction of sp³-hybridized carbons (Fsp3) is 0.464. The van der Waals surface area contributed by atoms with E-state index in [2.05, 4.69) is 55.3 Å². The number of fused-ring (bicyclic) bond motifs is 1. The highest BCUT2D eigenvalue weighted by molar-refractivity contribution is 5.98. The first kappa shape index (κ1) is 23.3. The van der Waals surface area contributed by atoms with Crippen molar-refractivity contribution in [3.8, 4) is 16.9 Å². The van der Waals surface area contributed by atoms with Crippen LogP contribution in [-0.2, 0) is 11.2 Å². The number of H-pyrrole nitrogens is 1. The number of carbonyl (C=O) groups excluding carboxylic acids is 1. The van der Waals surface area contributed by atoms with Crippen molar-refractivity contribution in [3.05, 3.63) is 53.2 Å². The summed E-state index contributed by atoms with van der Waals surface area (Å²) in [7, 11) is 0. The Bertz CT molecular complexity index is 1120. The second kappa shape index (κ2) is 10.4. The predicted molar refractivity (Wildman–Crippen MR) is 133 cm³/mol. The molecule has 2 unspecified atom stereocenters. The number of amides is 1. The van der Waals surface area contributed by atoms with Gasteiger partial charge in [-0.3, -0.25) is 4.79 Å². The Labute approximate surface area is 195 Å². The second-order valence-corrected chi connectivity index (χ2v) is 9.27. The van der Waals surface area contributed by atoms with E-state index in [1.165, 1.54) is 22.2 Å². The fourth-order valence-corrected chi connectivity index (χ4v) is 4.88. The van der Waals surface area contributed by atoms with Crippen LogP contribution in [-0.4, -0.2) is 30.2 Å². The van der Waals surface area contributed by atoms with Crippen molar-refractivity contribution >= 4 is 16.8 Å². The third kappa shape index (κ3) is 5.40. The molecule has 0 spiro atoms. The molecule has 2 atom stereocenters. The van der Waals surface area contributed by atoms with Gasteiger partial charge >= 0.3 is 0 Å². The summed E-state index contributed by atoms with van der Waals surface area (Å²) in [4.78, 5) is 15.8. The number of aryl methyl sites for hydroxylation is 2. The number of aromatic nitrogens is 1. The van der Waals surface area contributed by atoms with Crippen molar-refractivity contribution in [2.24, 2.45) is 0 Å². The number of aromatic amines is 1. The number of rotatable bonds is 9. The molecule has 5 heteroatoms.